The predicted molar refractivity (Wildman–Crippen MR) is 102 cm³/mol. The Kier molecular flexibility index (Phi) is 6.11. The minimum absolute atomic E-state index is 0.0360. The lowest BCUT2D eigenvalue weighted by molar-refractivity contribution is -0.192. The second-order valence-corrected chi connectivity index (χ2v) is 7.94. The second kappa shape index (κ2) is 8.19. The largest absolute Gasteiger partial charge is 0.463 e. The third kappa shape index (κ3) is 4.30. The Morgan fingerprint density at radius 3 is 2.52 bits per heavy atom. The minimum atomic E-state index is -1.22. The molecule has 5 nitrogen and oxygen atoms in total. The highest BCUT2D eigenvalue weighted by Crippen LogP contribution is 2.45. The van der Waals surface area contributed by atoms with Crippen LogP contribution in [0, 0.1) is 6.92 Å². The molecule has 1 saturated carbocycles. The van der Waals surface area contributed by atoms with E-state index in [-0.39, 0.29) is 18.6 Å². The summed E-state index contributed by atoms with van der Waals surface area (Å²) in [6.45, 7) is 4.67. The number of ether oxygens (including phenoxy) is 3. The zero-order valence-corrected chi connectivity index (χ0v) is 16.8. The van der Waals surface area contributed by atoms with Crippen LogP contribution in [0.1, 0.15) is 56.6 Å². The summed E-state index contributed by atoms with van der Waals surface area (Å²) in [5, 5.41) is 0.527. The highest BCUT2D eigenvalue weighted by molar-refractivity contribution is 6.31. The van der Waals surface area contributed by atoms with Crippen LogP contribution in [0.3, 0.4) is 0 Å². The van der Waals surface area contributed by atoms with Crippen LogP contribution in [0.4, 0.5) is 0 Å². The van der Waals surface area contributed by atoms with Crippen molar-refractivity contribution in [3.05, 3.63) is 34.3 Å². The Bertz CT molecular complexity index is 678. The number of hydrogen-bond acceptors (Lipinski definition) is 5. The highest BCUT2D eigenvalue weighted by atomic mass is 35.5. The van der Waals surface area contributed by atoms with Gasteiger partial charge in [-0.05, 0) is 56.7 Å². The molecule has 0 atom stereocenters. The first-order chi connectivity index (χ1) is 12.9. The molecule has 0 aromatic heterocycles. The van der Waals surface area contributed by atoms with Gasteiger partial charge >= 0.3 is 11.9 Å². The second-order valence-electron chi connectivity index (χ2n) is 7.54. The van der Waals surface area contributed by atoms with Crippen LogP contribution >= 0.6 is 11.6 Å². The lowest BCUT2D eigenvalue weighted by Gasteiger charge is -2.42. The first-order valence-corrected chi connectivity index (χ1v) is 10.0. The topological polar surface area (TPSA) is 61.8 Å². The maximum atomic E-state index is 12.7. The van der Waals surface area contributed by atoms with E-state index in [1.54, 1.807) is 13.0 Å². The summed E-state index contributed by atoms with van der Waals surface area (Å²) >= 11 is 6.23. The van der Waals surface area contributed by atoms with Gasteiger partial charge in [-0.25, -0.2) is 4.79 Å². The average Bonchev–Trinajstić information content (AvgIpc) is 3.09. The van der Waals surface area contributed by atoms with Crippen LogP contribution < -0.4 is 0 Å². The van der Waals surface area contributed by atoms with E-state index in [0.717, 1.165) is 30.6 Å². The molecule has 6 heteroatoms. The van der Waals surface area contributed by atoms with Crippen molar-refractivity contribution in [3.8, 4) is 0 Å². The third-order valence-electron chi connectivity index (χ3n) is 5.78. The number of benzene rings is 1. The Morgan fingerprint density at radius 1 is 1.19 bits per heavy atom. The zero-order valence-electron chi connectivity index (χ0n) is 16.0. The molecule has 1 saturated heterocycles. The summed E-state index contributed by atoms with van der Waals surface area (Å²) in [5.41, 5.74) is 0.266. The van der Waals surface area contributed by atoms with Crippen molar-refractivity contribution in [2.24, 2.45) is 0 Å². The van der Waals surface area contributed by atoms with Crippen LogP contribution in [0.2, 0.25) is 5.02 Å². The molecule has 1 spiro atoms. The maximum absolute atomic E-state index is 12.7. The smallest absolute Gasteiger partial charge is 0.350 e. The molecule has 148 valence electrons. The number of aryl methyl sites for hydroxylation is 1. The highest BCUT2D eigenvalue weighted by Gasteiger charge is 2.52. The van der Waals surface area contributed by atoms with Gasteiger partial charge in [-0.2, -0.15) is 0 Å². The molecular formula is C21H27ClO5. The molecule has 0 unspecified atom stereocenters. The van der Waals surface area contributed by atoms with Crippen molar-refractivity contribution in [2.45, 2.75) is 70.0 Å². The van der Waals surface area contributed by atoms with Crippen LogP contribution in [0.15, 0.2) is 18.2 Å². The van der Waals surface area contributed by atoms with Gasteiger partial charge in [0.15, 0.2) is 0 Å². The molecule has 27 heavy (non-hydrogen) atoms. The molecule has 0 bridgehead atoms. The molecule has 1 aromatic rings. The van der Waals surface area contributed by atoms with Crippen molar-refractivity contribution >= 4 is 23.5 Å². The molecule has 1 heterocycles. The normalized spacial score (nSPS) is 27.5. The van der Waals surface area contributed by atoms with Gasteiger partial charge in [0.1, 0.15) is 0 Å². The van der Waals surface area contributed by atoms with E-state index in [2.05, 4.69) is 0 Å². The number of carbonyl (C=O) groups is 2. The lowest BCUT2D eigenvalue weighted by atomic mass is 9.74. The quantitative estimate of drug-likeness (QED) is 0.702. The van der Waals surface area contributed by atoms with Gasteiger partial charge in [0, 0.05) is 24.5 Å². The Labute approximate surface area is 165 Å². The summed E-state index contributed by atoms with van der Waals surface area (Å²) in [7, 11) is 0. The molecule has 3 rings (SSSR count). The summed E-state index contributed by atoms with van der Waals surface area (Å²) in [6.07, 6.45) is 4.33. The Hall–Kier alpha value is -1.59. The van der Waals surface area contributed by atoms with Gasteiger partial charge in [0.25, 0.3) is 0 Å². The predicted octanol–water partition coefficient (Wildman–Crippen LogP) is 4.16. The van der Waals surface area contributed by atoms with E-state index in [0.29, 0.717) is 30.7 Å². The van der Waals surface area contributed by atoms with Crippen molar-refractivity contribution in [1.82, 2.24) is 0 Å². The molecule has 2 fully saturated rings. The van der Waals surface area contributed by atoms with E-state index in [1.807, 2.05) is 19.1 Å². The first kappa shape index (κ1) is 20.2. The van der Waals surface area contributed by atoms with Crippen LogP contribution in [-0.4, -0.2) is 36.4 Å². The number of halogens is 1. The minimum Gasteiger partial charge on any atom is -0.463 e. The van der Waals surface area contributed by atoms with Crippen LogP contribution in [-0.2, 0) is 30.2 Å². The number of rotatable bonds is 5. The molecule has 1 aliphatic carbocycles. The number of hydrogen-bond donors (Lipinski definition) is 0. The molecule has 1 aromatic carbocycles. The van der Waals surface area contributed by atoms with Gasteiger partial charge in [-0.1, -0.05) is 23.7 Å². The van der Waals surface area contributed by atoms with E-state index >= 15 is 0 Å². The standard InChI is InChI=1S/C21H27ClO5/c1-3-25-19(24)21(11-9-20(10-12-21)8-5-13-26-20)27-18(23)14-16-15(2)6-4-7-17(16)22/h4,6-7H,3,5,8-14H2,1-2H3. The molecule has 0 radical (unpaired) electrons. The monoisotopic (exact) mass is 394 g/mol. The fourth-order valence-electron chi connectivity index (χ4n) is 4.16. The third-order valence-corrected chi connectivity index (χ3v) is 6.14. The molecule has 0 amide bonds. The van der Waals surface area contributed by atoms with Gasteiger partial charge in [0.05, 0.1) is 18.6 Å². The molecule has 2 aliphatic rings. The summed E-state index contributed by atoms with van der Waals surface area (Å²) in [5.74, 6) is -0.912. The lowest BCUT2D eigenvalue weighted by Crippen LogP contribution is -2.51. The zero-order chi connectivity index (χ0) is 19.5. The number of carbonyl (C=O) groups excluding carboxylic acids is 2. The van der Waals surface area contributed by atoms with E-state index in [4.69, 9.17) is 25.8 Å². The van der Waals surface area contributed by atoms with E-state index in [9.17, 15) is 9.59 Å². The van der Waals surface area contributed by atoms with Crippen molar-refractivity contribution in [2.75, 3.05) is 13.2 Å². The van der Waals surface area contributed by atoms with Crippen molar-refractivity contribution in [3.63, 3.8) is 0 Å². The van der Waals surface area contributed by atoms with Crippen LogP contribution in [0.5, 0.6) is 0 Å². The first-order valence-electron chi connectivity index (χ1n) is 9.67. The maximum Gasteiger partial charge on any atom is 0.350 e. The van der Waals surface area contributed by atoms with E-state index < -0.39 is 17.5 Å². The molecule has 0 N–H and O–H groups in total. The Balaban J connectivity index is 1.74. The SMILES string of the molecule is CCOC(=O)C1(OC(=O)Cc2c(C)cccc2Cl)CCC2(CCCO2)CC1. The summed E-state index contributed by atoms with van der Waals surface area (Å²) in [4.78, 5) is 25.4. The van der Waals surface area contributed by atoms with Crippen molar-refractivity contribution < 1.29 is 23.8 Å². The fraction of sp³-hybridized carbons (Fsp3) is 0.619. The van der Waals surface area contributed by atoms with Gasteiger partial charge in [-0.15, -0.1) is 0 Å². The summed E-state index contributed by atoms with van der Waals surface area (Å²) in [6, 6.07) is 5.49. The Morgan fingerprint density at radius 2 is 1.93 bits per heavy atom. The molecular weight excluding hydrogens is 368 g/mol. The van der Waals surface area contributed by atoms with Gasteiger partial charge in [0.2, 0.25) is 5.60 Å². The van der Waals surface area contributed by atoms with Crippen LogP contribution in [0.25, 0.3) is 0 Å². The van der Waals surface area contributed by atoms with E-state index in [1.165, 1.54) is 0 Å². The van der Waals surface area contributed by atoms with Gasteiger partial charge < -0.3 is 14.2 Å². The van der Waals surface area contributed by atoms with Crippen molar-refractivity contribution in [1.29, 1.82) is 0 Å². The summed E-state index contributed by atoms with van der Waals surface area (Å²) < 4.78 is 17.0. The average molecular weight is 395 g/mol. The fourth-order valence-corrected chi connectivity index (χ4v) is 4.45. The van der Waals surface area contributed by atoms with Gasteiger partial charge in [-0.3, -0.25) is 4.79 Å². The molecule has 1 aliphatic heterocycles. The number of esters is 2.